The van der Waals surface area contributed by atoms with Gasteiger partial charge in [-0.15, -0.1) is 5.10 Å². The van der Waals surface area contributed by atoms with Gasteiger partial charge in [-0.2, -0.15) is 4.52 Å². The summed E-state index contributed by atoms with van der Waals surface area (Å²) in [6.45, 7) is 0.433. The van der Waals surface area contributed by atoms with Crippen LogP contribution in [0.25, 0.3) is 27.3 Å². The van der Waals surface area contributed by atoms with Crippen molar-refractivity contribution in [3.63, 3.8) is 0 Å². The van der Waals surface area contributed by atoms with E-state index in [2.05, 4.69) is 15.1 Å². The van der Waals surface area contributed by atoms with Crippen molar-refractivity contribution < 1.29 is 9.13 Å². The average molecular weight is 362 g/mol. The Morgan fingerprint density at radius 3 is 2.81 bits per heavy atom. The van der Waals surface area contributed by atoms with Crippen LogP contribution in [0, 0.1) is 5.82 Å². The van der Waals surface area contributed by atoms with Gasteiger partial charge >= 0.3 is 0 Å². The highest BCUT2D eigenvalue weighted by Gasteiger charge is 2.14. The highest BCUT2D eigenvalue weighted by atomic mass is 19.1. The van der Waals surface area contributed by atoms with Crippen molar-refractivity contribution in [3.8, 4) is 5.75 Å². The van der Waals surface area contributed by atoms with Gasteiger partial charge in [0, 0.05) is 23.2 Å². The molecule has 27 heavy (non-hydrogen) atoms. The number of nitrogens with zero attached hydrogens (tertiary/aromatic N) is 5. The maximum absolute atomic E-state index is 13.4. The Balaban J connectivity index is 1.63. The fourth-order valence-corrected chi connectivity index (χ4v) is 3.32. The van der Waals surface area contributed by atoms with Crippen molar-refractivity contribution >= 4 is 33.3 Å². The third-order valence-corrected chi connectivity index (χ3v) is 4.54. The molecule has 134 valence electrons. The van der Waals surface area contributed by atoms with Crippen molar-refractivity contribution in [1.29, 1.82) is 0 Å². The van der Waals surface area contributed by atoms with E-state index in [1.54, 1.807) is 13.2 Å². The second-order valence-corrected chi connectivity index (χ2v) is 6.29. The van der Waals surface area contributed by atoms with Crippen molar-refractivity contribution in [2.75, 3.05) is 12.8 Å². The van der Waals surface area contributed by atoms with Crippen molar-refractivity contribution in [3.05, 3.63) is 60.4 Å². The molecule has 0 fully saturated rings. The molecule has 0 spiro atoms. The number of hydrogen-bond donors (Lipinski definition) is 1. The number of anilines is 1. The lowest BCUT2D eigenvalue weighted by molar-refractivity contribution is 0.419. The highest BCUT2D eigenvalue weighted by molar-refractivity contribution is 5.95. The minimum Gasteiger partial charge on any atom is -0.494 e. The highest BCUT2D eigenvalue weighted by Crippen LogP contribution is 2.27. The molecule has 0 radical (unpaired) electrons. The van der Waals surface area contributed by atoms with Gasteiger partial charge in [-0.25, -0.2) is 14.4 Å². The molecule has 5 aromatic rings. The summed E-state index contributed by atoms with van der Waals surface area (Å²) in [6.07, 6.45) is 3.80. The fourth-order valence-electron chi connectivity index (χ4n) is 3.32. The smallest absolute Gasteiger partial charge is 0.223 e. The summed E-state index contributed by atoms with van der Waals surface area (Å²) in [7, 11) is 1.59. The normalized spacial score (nSPS) is 11.6. The quantitative estimate of drug-likeness (QED) is 0.533. The van der Waals surface area contributed by atoms with Gasteiger partial charge in [-0.1, -0.05) is 6.07 Å². The number of fused-ring (bicyclic) bond motifs is 4. The summed E-state index contributed by atoms with van der Waals surface area (Å²) in [4.78, 5) is 9.05. The van der Waals surface area contributed by atoms with Gasteiger partial charge < -0.3 is 15.0 Å². The van der Waals surface area contributed by atoms with Gasteiger partial charge in [0.1, 0.15) is 17.1 Å². The van der Waals surface area contributed by atoms with Crippen LogP contribution in [-0.2, 0) is 6.54 Å². The van der Waals surface area contributed by atoms with Crippen LogP contribution in [0.3, 0.4) is 0 Å². The van der Waals surface area contributed by atoms with E-state index < -0.39 is 0 Å². The minimum absolute atomic E-state index is 0.237. The Kier molecular flexibility index (Phi) is 3.27. The van der Waals surface area contributed by atoms with E-state index in [9.17, 15) is 4.39 Å². The molecule has 0 atom stereocenters. The predicted molar refractivity (Wildman–Crippen MR) is 100 cm³/mol. The summed E-state index contributed by atoms with van der Waals surface area (Å²) in [5.74, 6) is 1.19. The monoisotopic (exact) mass is 362 g/mol. The van der Waals surface area contributed by atoms with Crippen LogP contribution in [0.1, 0.15) is 5.82 Å². The third-order valence-electron chi connectivity index (χ3n) is 4.54. The van der Waals surface area contributed by atoms with Crippen LogP contribution in [0.5, 0.6) is 5.75 Å². The molecule has 3 heterocycles. The second-order valence-electron chi connectivity index (χ2n) is 6.29. The number of halogens is 1. The molecule has 0 saturated carbocycles. The molecule has 0 bridgehead atoms. The van der Waals surface area contributed by atoms with E-state index in [4.69, 9.17) is 10.5 Å². The summed E-state index contributed by atoms with van der Waals surface area (Å²) in [6, 6.07) is 10.3. The van der Waals surface area contributed by atoms with E-state index in [1.165, 1.54) is 16.6 Å². The molecule has 0 aliphatic rings. The lowest BCUT2D eigenvalue weighted by Gasteiger charge is -2.06. The number of para-hydroxylation sites is 1. The minimum atomic E-state index is -0.259. The molecular formula is C19H15FN6O. The molecule has 2 aromatic carbocycles. The van der Waals surface area contributed by atoms with Gasteiger partial charge in [0.05, 0.1) is 13.7 Å². The molecule has 0 amide bonds. The molecule has 5 rings (SSSR count). The van der Waals surface area contributed by atoms with Crippen LogP contribution >= 0.6 is 0 Å². The number of methoxy groups -OCH3 is 1. The Labute approximate surface area is 152 Å². The molecule has 0 aliphatic heterocycles. The van der Waals surface area contributed by atoms with Crippen LogP contribution < -0.4 is 10.5 Å². The molecule has 0 unspecified atom stereocenters. The molecule has 8 heteroatoms. The Bertz CT molecular complexity index is 1320. The summed E-state index contributed by atoms with van der Waals surface area (Å²) in [5.41, 5.74) is 7.34. The van der Waals surface area contributed by atoms with Gasteiger partial charge in [-0.3, -0.25) is 0 Å². The summed E-state index contributed by atoms with van der Waals surface area (Å²) < 4.78 is 22.2. The molecule has 0 saturated heterocycles. The predicted octanol–water partition coefficient (Wildman–Crippen LogP) is 3.01. The maximum atomic E-state index is 13.4. The lowest BCUT2D eigenvalue weighted by Crippen LogP contribution is -2.04. The number of hydrogen-bond acceptors (Lipinski definition) is 5. The first-order valence-electron chi connectivity index (χ1n) is 8.35. The second kappa shape index (κ2) is 5.66. The van der Waals surface area contributed by atoms with E-state index >= 15 is 0 Å². The zero-order valence-corrected chi connectivity index (χ0v) is 14.4. The van der Waals surface area contributed by atoms with Crippen molar-refractivity contribution in [2.24, 2.45) is 0 Å². The zero-order chi connectivity index (χ0) is 18.5. The zero-order valence-electron chi connectivity index (χ0n) is 14.4. The molecule has 0 aliphatic carbocycles. The van der Waals surface area contributed by atoms with Gasteiger partial charge in [0.15, 0.2) is 11.5 Å². The fraction of sp³-hybridized carbons (Fsp3) is 0.105. The molecular weight excluding hydrogens is 347 g/mol. The third kappa shape index (κ3) is 2.45. The number of rotatable bonds is 3. The Hall–Kier alpha value is -3.68. The standard InChI is InChI=1S/C19H15FN6O/c1-27-15-4-2-3-14-17(15)23-19(21)26-18(14)22-16(24-26)10-25-8-11-5-6-13(20)7-12(11)9-25/h2-9H,10H2,1H3,(H2,21,23). The first-order valence-corrected chi connectivity index (χ1v) is 8.35. The summed E-state index contributed by atoms with van der Waals surface area (Å²) >= 11 is 0. The number of nitrogen functional groups attached to an aromatic ring is 1. The van der Waals surface area contributed by atoms with E-state index in [0.29, 0.717) is 29.3 Å². The molecule has 3 aromatic heterocycles. The van der Waals surface area contributed by atoms with Crippen LogP contribution in [0.2, 0.25) is 0 Å². The molecule has 7 nitrogen and oxygen atoms in total. The van der Waals surface area contributed by atoms with E-state index in [-0.39, 0.29) is 11.8 Å². The summed E-state index contributed by atoms with van der Waals surface area (Å²) in [5, 5.41) is 7.07. The first kappa shape index (κ1) is 15.6. The van der Waals surface area contributed by atoms with E-state index in [0.717, 1.165) is 16.2 Å². The lowest BCUT2D eigenvalue weighted by atomic mass is 10.2. The molecule has 2 N–H and O–H groups in total. The SMILES string of the molecule is COc1cccc2c1nc(N)n1nc(Cn3cc4ccc(F)cc4c3)nc21. The van der Waals surface area contributed by atoms with Gasteiger partial charge in [0.2, 0.25) is 5.95 Å². The Morgan fingerprint density at radius 2 is 1.96 bits per heavy atom. The van der Waals surface area contributed by atoms with Gasteiger partial charge in [-0.05, 0) is 35.7 Å². The number of aromatic nitrogens is 5. The number of nitrogens with two attached hydrogens (primary N) is 1. The first-order chi connectivity index (χ1) is 13.1. The van der Waals surface area contributed by atoms with Crippen molar-refractivity contribution in [1.82, 2.24) is 24.1 Å². The van der Waals surface area contributed by atoms with Crippen LogP contribution in [0.4, 0.5) is 10.3 Å². The maximum Gasteiger partial charge on any atom is 0.223 e. The Morgan fingerprint density at radius 1 is 1.11 bits per heavy atom. The van der Waals surface area contributed by atoms with Crippen LogP contribution in [0.15, 0.2) is 48.8 Å². The largest absolute Gasteiger partial charge is 0.494 e. The van der Waals surface area contributed by atoms with E-state index in [1.807, 2.05) is 35.2 Å². The number of benzene rings is 2. The number of ether oxygens (including phenoxy) is 1. The average Bonchev–Trinajstić information content (AvgIpc) is 3.25. The van der Waals surface area contributed by atoms with Crippen LogP contribution in [-0.4, -0.2) is 31.3 Å². The topological polar surface area (TPSA) is 83.3 Å². The van der Waals surface area contributed by atoms with Gasteiger partial charge in [0.25, 0.3) is 0 Å². The van der Waals surface area contributed by atoms with Crippen molar-refractivity contribution in [2.45, 2.75) is 6.54 Å².